The lowest BCUT2D eigenvalue weighted by Crippen LogP contribution is -2.50. The Balaban J connectivity index is 1.40. The first-order valence-corrected chi connectivity index (χ1v) is 14.0. The molecule has 8 nitrogen and oxygen atoms in total. The molecule has 2 amide bonds. The molecule has 1 saturated heterocycles. The number of halogens is 1. The highest BCUT2D eigenvalue weighted by molar-refractivity contribution is 8.16. The second kappa shape index (κ2) is 11.7. The smallest absolute Gasteiger partial charge is 0.338 e. The Bertz CT molecular complexity index is 1370. The molecule has 0 aromatic heterocycles. The molecule has 2 aromatic carbocycles. The number of benzene rings is 2. The predicted molar refractivity (Wildman–Crippen MR) is 152 cm³/mol. The molecule has 0 bridgehead atoms. The lowest BCUT2D eigenvalue weighted by Gasteiger charge is -2.37. The van der Waals surface area contributed by atoms with Crippen molar-refractivity contribution in [1.82, 2.24) is 14.7 Å². The van der Waals surface area contributed by atoms with Gasteiger partial charge in [0.05, 0.1) is 23.7 Å². The van der Waals surface area contributed by atoms with Gasteiger partial charge in [0.25, 0.3) is 0 Å². The zero-order valence-corrected chi connectivity index (χ0v) is 23.4. The summed E-state index contributed by atoms with van der Waals surface area (Å²) in [4.78, 5) is 48.8. The molecule has 2 aromatic rings. The van der Waals surface area contributed by atoms with Crippen LogP contribution in [0.4, 0.5) is 0 Å². The maximum Gasteiger partial charge on any atom is 0.338 e. The summed E-state index contributed by atoms with van der Waals surface area (Å²) in [6.45, 7) is 5.54. The number of thioether (sulfide) groups is 1. The molecule has 10 heteroatoms. The van der Waals surface area contributed by atoms with E-state index in [1.165, 1.54) is 11.8 Å². The van der Waals surface area contributed by atoms with Crippen LogP contribution in [-0.4, -0.2) is 63.8 Å². The number of piperazine rings is 1. The summed E-state index contributed by atoms with van der Waals surface area (Å²) < 4.78 is 5.75. The normalized spacial score (nSPS) is 18.9. The quantitative estimate of drug-likeness (QED) is 0.471. The maximum atomic E-state index is 13.5. The van der Waals surface area contributed by atoms with Gasteiger partial charge in [0.2, 0.25) is 11.8 Å². The van der Waals surface area contributed by atoms with Gasteiger partial charge in [0.1, 0.15) is 6.61 Å². The number of amides is 2. The lowest BCUT2D eigenvalue weighted by molar-refractivity contribution is -0.141. The summed E-state index contributed by atoms with van der Waals surface area (Å²) in [7, 11) is 0. The van der Waals surface area contributed by atoms with Crippen molar-refractivity contribution < 1.29 is 19.1 Å². The minimum absolute atomic E-state index is 0.0193. The van der Waals surface area contributed by atoms with Gasteiger partial charge in [-0.2, -0.15) is 0 Å². The minimum Gasteiger partial charge on any atom is -0.457 e. The summed E-state index contributed by atoms with van der Waals surface area (Å²) in [6, 6.07) is 16.3. The standard InChI is InChI=1S/C29H29ClN4O4S/c1-19-26(28(37)38-17-21-6-4-3-5-7-21)27(22-8-10-23(30)11-9-22)34-24(18-39-29(34)31-19)16-25(36)33-14-12-32(13-15-33)20(2)35/h3-11,18,27H,12-17H2,1-2H3. The first-order chi connectivity index (χ1) is 18.8. The van der Waals surface area contributed by atoms with Crippen LogP contribution < -0.4 is 0 Å². The van der Waals surface area contributed by atoms with Crippen LogP contribution in [-0.2, 0) is 25.7 Å². The van der Waals surface area contributed by atoms with Crippen molar-refractivity contribution >= 4 is 46.3 Å². The van der Waals surface area contributed by atoms with Crippen molar-refractivity contribution in [2.75, 3.05) is 26.2 Å². The van der Waals surface area contributed by atoms with E-state index in [1.54, 1.807) is 28.9 Å². The molecular weight excluding hydrogens is 536 g/mol. The van der Waals surface area contributed by atoms with Crippen LogP contribution in [0.1, 0.15) is 37.4 Å². The van der Waals surface area contributed by atoms with E-state index >= 15 is 0 Å². The van der Waals surface area contributed by atoms with Gasteiger partial charge in [-0.15, -0.1) is 0 Å². The Hall–Kier alpha value is -3.56. The van der Waals surface area contributed by atoms with E-state index in [-0.39, 0.29) is 24.8 Å². The number of carbonyl (C=O) groups excluding carboxylic acids is 3. The molecule has 3 aliphatic heterocycles. The molecule has 1 fully saturated rings. The van der Waals surface area contributed by atoms with Crippen molar-refractivity contribution in [1.29, 1.82) is 0 Å². The zero-order valence-electron chi connectivity index (χ0n) is 21.8. The summed E-state index contributed by atoms with van der Waals surface area (Å²) in [5.41, 5.74) is 3.49. The Morgan fingerprint density at radius 2 is 1.67 bits per heavy atom. The topological polar surface area (TPSA) is 82.5 Å². The summed E-state index contributed by atoms with van der Waals surface area (Å²) >= 11 is 7.62. The molecule has 0 saturated carbocycles. The second-order valence-electron chi connectivity index (χ2n) is 9.57. The average Bonchev–Trinajstić information content (AvgIpc) is 3.33. The first kappa shape index (κ1) is 27.0. The molecule has 39 heavy (non-hydrogen) atoms. The average molecular weight is 565 g/mol. The van der Waals surface area contributed by atoms with Crippen LogP contribution in [0.25, 0.3) is 0 Å². The molecule has 202 valence electrons. The Labute approximate surface area is 236 Å². The lowest BCUT2D eigenvalue weighted by atomic mass is 9.94. The molecule has 3 heterocycles. The van der Waals surface area contributed by atoms with Crippen molar-refractivity contribution in [3.8, 4) is 0 Å². The molecule has 1 unspecified atom stereocenters. The van der Waals surface area contributed by atoms with Crippen molar-refractivity contribution in [3.63, 3.8) is 0 Å². The van der Waals surface area contributed by atoms with E-state index in [0.29, 0.717) is 47.6 Å². The Morgan fingerprint density at radius 3 is 2.33 bits per heavy atom. The SMILES string of the molecule is CC(=O)N1CCN(C(=O)CC2=CSC3=NC(C)=C(C(=O)OCc4ccccc4)C(c4ccc(Cl)cc4)N23)CC1. The molecule has 0 spiro atoms. The van der Waals surface area contributed by atoms with Crippen molar-refractivity contribution in [3.05, 3.63) is 93.1 Å². The Kier molecular flexibility index (Phi) is 8.09. The van der Waals surface area contributed by atoms with E-state index < -0.39 is 12.0 Å². The summed E-state index contributed by atoms with van der Waals surface area (Å²) in [6.07, 6.45) is 0.154. The fourth-order valence-electron chi connectivity index (χ4n) is 4.93. The minimum atomic E-state index is -0.526. The number of hydrogen-bond acceptors (Lipinski definition) is 7. The van der Waals surface area contributed by atoms with Crippen LogP contribution in [0.15, 0.2) is 82.0 Å². The fourth-order valence-corrected chi connectivity index (χ4v) is 6.02. The van der Waals surface area contributed by atoms with Crippen molar-refractivity contribution in [2.45, 2.75) is 32.9 Å². The fraction of sp³-hybridized carbons (Fsp3) is 0.310. The number of carbonyl (C=O) groups is 3. The van der Waals surface area contributed by atoms with Gasteiger partial charge in [-0.05, 0) is 35.6 Å². The van der Waals surface area contributed by atoms with Gasteiger partial charge in [-0.3, -0.25) is 9.59 Å². The van der Waals surface area contributed by atoms with E-state index in [0.717, 1.165) is 16.8 Å². The van der Waals surface area contributed by atoms with Gasteiger partial charge < -0.3 is 19.4 Å². The van der Waals surface area contributed by atoms with E-state index in [4.69, 9.17) is 21.3 Å². The highest BCUT2D eigenvalue weighted by Crippen LogP contribution is 2.45. The van der Waals surface area contributed by atoms with Crippen LogP contribution in [0.3, 0.4) is 0 Å². The maximum absolute atomic E-state index is 13.5. The molecule has 5 rings (SSSR count). The number of hydrogen-bond donors (Lipinski definition) is 0. The number of allylic oxidation sites excluding steroid dienone is 1. The van der Waals surface area contributed by atoms with Crippen LogP contribution in [0.5, 0.6) is 0 Å². The molecular formula is C29H29ClN4O4S. The van der Waals surface area contributed by atoms with Gasteiger partial charge in [-0.25, -0.2) is 9.79 Å². The third-order valence-corrected chi connectivity index (χ3v) is 8.17. The number of nitrogens with zero attached hydrogens (tertiary/aromatic N) is 4. The van der Waals surface area contributed by atoms with Crippen LogP contribution >= 0.6 is 23.4 Å². The van der Waals surface area contributed by atoms with Crippen LogP contribution in [0.2, 0.25) is 5.02 Å². The van der Waals surface area contributed by atoms with Crippen LogP contribution in [0, 0.1) is 0 Å². The van der Waals surface area contributed by atoms with E-state index in [2.05, 4.69) is 0 Å². The number of rotatable bonds is 6. The molecule has 0 aliphatic carbocycles. The van der Waals surface area contributed by atoms with Gasteiger partial charge >= 0.3 is 5.97 Å². The van der Waals surface area contributed by atoms with E-state index in [9.17, 15) is 14.4 Å². The van der Waals surface area contributed by atoms with Gasteiger partial charge in [-0.1, -0.05) is 65.8 Å². The largest absolute Gasteiger partial charge is 0.457 e. The number of fused-ring (bicyclic) bond motifs is 1. The highest BCUT2D eigenvalue weighted by atomic mass is 35.5. The first-order valence-electron chi connectivity index (χ1n) is 12.8. The third kappa shape index (κ3) is 5.89. The zero-order chi connectivity index (χ0) is 27.5. The molecule has 0 radical (unpaired) electrons. The molecule has 0 N–H and O–H groups in total. The summed E-state index contributed by atoms with van der Waals surface area (Å²) in [5, 5.41) is 3.22. The van der Waals surface area contributed by atoms with Crippen molar-refractivity contribution in [2.24, 2.45) is 4.99 Å². The van der Waals surface area contributed by atoms with E-state index in [1.807, 2.05) is 59.7 Å². The number of ether oxygens (including phenoxy) is 1. The second-order valence-corrected chi connectivity index (χ2v) is 10.8. The predicted octanol–water partition coefficient (Wildman–Crippen LogP) is 4.74. The summed E-state index contributed by atoms with van der Waals surface area (Å²) in [5.74, 6) is -0.464. The number of amidine groups is 1. The highest BCUT2D eigenvalue weighted by Gasteiger charge is 2.41. The third-order valence-electron chi connectivity index (χ3n) is 7.03. The Morgan fingerprint density at radius 1 is 1.00 bits per heavy atom. The molecule has 1 atom stereocenters. The van der Waals surface area contributed by atoms with Gasteiger partial charge in [0.15, 0.2) is 5.17 Å². The molecule has 3 aliphatic rings. The van der Waals surface area contributed by atoms with Gasteiger partial charge in [0, 0.05) is 43.8 Å². The monoisotopic (exact) mass is 564 g/mol. The number of esters is 1. The number of aliphatic imine (C=N–C) groups is 1.